The Morgan fingerprint density at radius 3 is 2.19 bits per heavy atom. The van der Waals surface area contributed by atoms with Gasteiger partial charge in [0, 0.05) is 31.1 Å². The minimum absolute atomic E-state index is 0.0548. The SMILES string of the molecule is O=S(=O)(NC[C@@H]1[C@H](c2ccccc2)[C@@H](CO)N1CC1CC1)c1ccccc1. The summed E-state index contributed by atoms with van der Waals surface area (Å²) in [5, 5.41) is 9.97. The van der Waals surface area contributed by atoms with Gasteiger partial charge in [0.15, 0.2) is 0 Å². The highest BCUT2D eigenvalue weighted by Gasteiger charge is 2.49. The van der Waals surface area contributed by atoms with Crippen molar-refractivity contribution in [3.8, 4) is 0 Å². The highest BCUT2D eigenvalue weighted by Crippen LogP contribution is 2.43. The lowest BCUT2D eigenvalue weighted by atomic mass is 9.75. The van der Waals surface area contributed by atoms with Crippen LogP contribution in [0.2, 0.25) is 0 Å². The summed E-state index contributed by atoms with van der Waals surface area (Å²) in [5.41, 5.74) is 1.16. The number of hydrogen-bond acceptors (Lipinski definition) is 4. The van der Waals surface area contributed by atoms with Crippen molar-refractivity contribution in [2.75, 3.05) is 19.7 Å². The van der Waals surface area contributed by atoms with Crippen molar-refractivity contribution >= 4 is 10.0 Å². The van der Waals surface area contributed by atoms with Crippen LogP contribution in [-0.2, 0) is 10.0 Å². The third-order valence-corrected chi connectivity index (χ3v) is 7.19. The van der Waals surface area contributed by atoms with Gasteiger partial charge in [0.1, 0.15) is 0 Å². The van der Waals surface area contributed by atoms with Gasteiger partial charge in [-0.25, -0.2) is 13.1 Å². The average molecular weight is 387 g/mol. The third kappa shape index (κ3) is 3.94. The van der Waals surface area contributed by atoms with Crippen LogP contribution in [-0.4, -0.2) is 50.2 Å². The van der Waals surface area contributed by atoms with E-state index in [2.05, 4.69) is 21.8 Å². The van der Waals surface area contributed by atoms with E-state index in [4.69, 9.17) is 0 Å². The van der Waals surface area contributed by atoms with Crippen molar-refractivity contribution < 1.29 is 13.5 Å². The van der Waals surface area contributed by atoms with E-state index < -0.39 is 10.0 Å². The van der Waals surface area contributed by atoms with Crippen LogP contribution < -0.4 is 4.72 Å². The minimum Gasteiger partial charge on any atom is -0.395 e. The van der Waals surface area contributed by atoms with Crippen LogP contribution in [0.3, 0.4) is 0 Å². The second kappa shape index (κ2) is 7.72. The standard InChI is InChI=1S/C21H26N2O3S/c24-15-20-21(17-7-3-1-4-8-17)19(23(20)14-16-11-12-16)13-22-27(25,26)18-9-5-2-6-10-18/h1-10,16,19-22,24H,11-15H2/t19-,20-,21+/m1/s1. The third-order valence-electron chi connectivity index (χ3n) is 5.75. The van der Waals surface area contributed by atoms with Crippen molar-refractivity contribution in [2.45, 2.75) is 35.7 Å². The number of aliphatic hydroxyl groups excluding tert-OH is 1. The van der Waals surface area contributed by atoms with Crippen LogP contribution in [0, 0.1) is 5.92 Å². The summed E-state index contributed by atoms with van der Waals surface area (Å²) >= 11 is 0. The Labute approximate surface area is 161 Å². The summed E-state index contributed by atoms with van der Waals surface area (Å²) in [5.74, 6) is 0.817. The molecule has 2 aromatic rings. The molecule has 0 radical (unpaired) electrons. The fraction of sp³-hybridized carbons (Fsp3) is 0.429. The molecule has 1 saturated heterocycles. The fourth-order valence-electron chi connectivity index (χ4n) is 4.14. The van der Waals surface area contributed by atoms with E-state index in [1.165, 1.54) is 12.8 Å². The maximum atomic E-state index is 12.6. The van der Waals surface area contributed by atoms with E-state index in [0.717, 1.165) is 12.1 Å². The molecule has 0 spiro atoms. The first-order valence-corrected chi connectivity index (χ1v) is 11.0. The lowest BCUT2D eigenvalue weighted by Crippen LogP contribution is -2.67. The molecule has 4 rings (SSSR count). The first-order chi connectivity index (χ1) is 13.1. The van der Waals surface area contributed by atoms with Gasteiger partial charge in [-0.15, -0.1) is 0 Å². The van der Waals surface area contributed by atoms with E-state index in [1.54, 1.807) is 30.3 Å². The second-order valence-corrected chi connectivity index (χ2v) is 9.33. The second-order valence-electron chi connectivity index (χ2n) is 7.56. The summed E-state index contributed by atoms with van der Waals surface area (Å²) in [6.45, 7) is 1.38. The monoisotopic (exact) mass is 386 g/mol. The molecule has 27 heavy (non-hydrogen) atoms. The molecule has 1 aliphatic heterocycles. The van der Waals surface area contributed by atoms with Gasteiger partial charge in [0.2, 0.25) is 10.0 Å². The van der Waals surface area contributed by atoms with Gasteiger partial charge in [0.05, 0.1) is 11.5 Å². The summed E-state index contributed by atoms with van der Waals surface area (Å²) in [6, 6.07) is 18.7. The van der Waals surface area contributed by atoms with Gasteiger partial charge in [-0.2, -0.15) is 0 Å². The Bertz CT molecular complexity index is 854. The van der Waals surface area contributed by atoms with Crippen LogP contribution in [0.25, 0.3) is 0 Å². The predicted molar refractivity (Wildman–Crippen MR) is 105 cm³/mol. The van der Waals surface area contributed by atoms with Crippen LogP contribution in [0.1, 0.15) is 24.3 Å². The largest absolute Gasteiger partial charge is 0.395 e. The van der Waals surface area contributed by atoms with Gasteiger partial charge >= 0.3 is 0 Å². The van der Waals surface area contributed by atoms with Crippen molar-refractivity contribution in [1.82, 2.24) is 9.62 Å². The summed E-state index contributed by atoms with van der Waals surface area (Å²) in [4.78, 5) is 2.58. The molecule has 1 heterocycles. The van der Waals surface area contributed by atoms with Crippen LogP contribution >= 0.6 is 0 Å². The van der Waals surface area contributed by atoms with Gasteiger partial charge < -0.3 is 5.11 Å². The van der Waals surface area contributed by atoms with Crippen molar-refractivity contribution in [1.29, 1.82) is 0 Å². The predicted octanol–water partition coefficient (Wildman–Crippen LogP) is 2.20. The molecule has 1 aliphatic carbocycles. The Morgan fingerprint density at radius 1 is 0.963 bits per heavy atom. The van der Waals surface area contributed by atoms with Crippen LogP contribution in [0.5, 0.6) is 0 Å². The van der Waals surface area contributed by atoms with Crippen LogP contribution in [0.4, 0.5) is 0 Å². The summed E-state index contributed by atoms with van der Waals surface area (Å²) in [6.07, 6.45) is 2.46. The van der Waals surface area contributed by atoms with Crippen LogP contribution in [0.15, 0.2) is 65.6 Å². The molecule has 2 aromatic carbocycles. The maximum Gasteiger partial charge on any atom is 0.240 e. The zero-order valence-electron chi connectivity index (χ0n) is 15.2. The highest BCUT2D eigenvalue weighted by atomic mass is 32.2. The summed E-state index contributed by atoms with van der Waals surface area (Å²) < 4.78 is 28.1. The molecule has 0 unspecified atom stereocenters. The molecule has 0 aromatic heterocycles. The first-order valence-electron chi connectivity index (χ1n) is 9.56. The maximum absolute atomic E-state index is 12.6. The molecule has 0 bridgehead atoms. The number of nitrogens with zero attached hydrogens (tertiary/aromatic N) is 1. The zero-order valence-corrected chi connectivity index (χ0v) is 16.1. The quantitative estimate of drug-likeness (QED) is 0.730. The van der Waals surface area contributed by atoms with E-state index >= 15 is 0 Å². The molecule has 2 fully saturated rings. The van der Waals surface area contributed by atoms with E-state index in [-0.39, 0.29) is 29.5 Å². The minimum atomic E-state index is -3.54. The average Bonchev–Trinajstić information content (AvgIpc) is 3.51. The highest BCUT2D eigenvalue weighted by molar-refractivity contribution is 7.89. The van der Waals surface area contributed by atoms with Gasteiger partial charge in [-0.05, 0) is 36.5 Å². The molecule has 2 aliphatic rings. The number of aliphatic hydroxyl groups is 1. The van der Waals surface area contributed by atoms with Crippen molar-refractivity contribution in [2.24, 2.45) is 5.92 Å². The molecule has 2 N–H and O–H groups in total. The van der Waals surface area contributed by atoms with Gasteiger partial charge in [0.25, 0.3) is 0 Å². The van der Waals surface area contributed by atoms with E-state index in [9.17, 15) is 13.5 Å². The number of benzene rings is 2. The number of likely N-dealkylation sites (tertiary alicyclic amines) is 1. The molecular weight excluding hydrogens is 360 g/mol. The fourth-order valence-corrected chi connectivity index (χ4v) is 5.22. The first kappa shape index (κ1) is 18.6. The van der Waals surface area contributed by atoms with Crippen molar-refractivity contribution in [3.63, 3.8) is 0 Å². The molecule has 6 heteroatoms. The Kier molecular flexibility index (Phi) is 5.32. The Hall–Kier alpha value is -1.73. The molecule has 0 amide bonds. The van der Waals surface area contributed by atoms with E-state index in [0.29, 0.717) is 12.5 Å². The van der Waals surface area contributed by atoms with Gasteiger partial charge in [-0.3, -0.25) is 4.90 Å². The lowest BCUT2D eigenvalue weighted by molar-refractivity contribution is -0.0432. The Balaban J connectivity index is 1.53. The number of sulfonamides is 1. The topological polar surface area (TPSA) is 69.6 Å². The number of hydrogen-bond donors (Lipinski definition) is 2. The number of rotatable bonds is 8. The molecule has 3 atom stereocenters. The smallest absolute Gasteiger partial charge is 0.240 e. The molecule has 144 valence electrons. The molecular formula is C21H26N2O3S. The van der Waals surface area contributed by atoms with E-state index in [1.807, 2.05) is 18.2 Å². The zero-order chi connectivity index (χ0) is 18.9. The summed E-state index contributed by atoms with van der Waals surface area (Å²) in [7, 11) is -3.54. The van der Waals surface area contributed by atoms with Crippen molar-refractivity contribution in [3.05, 3.63) is 66.2 Å². The van der Waals surface area contributed by atoms with Gasteiger partial charge in [-0.1, -0.05) is 48.5 Å². The lowest BCUT2D eigenvalue weighted by Gasteiger charge is -2.55. The number of nitrogens with one attached hydrogen (secondary N) is 1. The molecule has 5 nitrogen and oxygen atoms in total. The normalized spacial score (nSPS) is 25.9. The Morgan fingerprint density at radius 2 is 1.59 bits per heavy atom. The molecule has 1 saturated carbocycles.